The monoisotopic (exact) mass is 339 g/mol. The second-order valence-corrected chi connectivity index (χ2v) is 5.31. The topological polar surface area (TPSA) is 85.3 Å². The lowest BCUT2D eigenvalue weighted by molar-refractivity contribution is -0.138. The number of ether oxygens (including phenoxy) is 3. The molecule has 1 amide bonds. The molecule has 0 saturated carbocycles. The highest BCUT2D eigenvalue weighted by Gasteiger charge is 2.17. The van der Waals surface area contributed by atoms with Crippen molar-refractivity contribution in [3.63, 3.8) is 0 Å². The van der Waals surface area contributed by atoms with Crippen molar-refractivity contribution in [2.75, 3.05) is 34.9 Å². The van der Waals surface area contributed by atoms with Crippen LogP contribution in [0.25, 0.3) is 0 Å². The van der Waals surface area contributed by atoms with Crippen LogP contribution >= 0.6 is 0 Å². The highest BCUT2D eigenvalue weighted by molar-refractivity contribution is 5.76. The molecule has 0 radical (unpaired) electrons. The molecule has 7 nitrogen and oxygen atoms in total. The summed E-state index contributed by atoms with van der Waals surface area (Å²) < 4.78 is 16.0. The molecule has 134 valence electrons. The predicted octanol–water partition coefficient (Wildman–Crippen LogP) is 1.97. The lowest BCUT2D eigenvalue weighted by atomic mass is 10.1. The van der Waals surface area contributed by atoms with Gasteiger partial charge < -0.3 is 24.2 Å². The van der Waals surface area contributed by atoms with E-state index in [0.717, 1.165) is 5.56 Å². The van der Waals surface area contributed by atoms with Crippen molar-refractivity contribution < 1.29 is 28.9 Å². The van der Waals surface area contributed by atoms with Gasteiger partial charge in [-0.05, 0) is 24.5 Å². The number of nitrogens with zero attached hydrogens (tertiary/aromatic N) is 1. The number of hydrogen-bond donors (Lipinski definition) is 1. The fourth-order valence-electron chi connectivity index (χ4n) is 2.38. The van der Waals surface area contributed by atoms with Crippen molar-refractivity contribution in [3.8, 4) is 17.2 Å². The van der Waals surface area contributed by atoms with E-state index in [9.17, 15) is 9.59 Å². The van der Waals surface area contributed by atoms with Gasteiger partial charge in [0.2, 0.25) is 11.7 Å². The molecule has 0 aliphatic rings. The van der Waals surface area contributed by atoms with E-state index in [0.29, 0.717) is 43.1 Å². The maximum absolute atomic E-state index is 12.2. The van der Waals surface area contributed by atoms with E-state index in [1.54, 1.807) is 32.2 Å². The molecule has 1 aromatic carbocycles. The van der Waals surface area contributed by atoms with Gasteiger partial charge in [0.1, 0.15) is 0 Å². The van der Waals surface area contributed by atoms with Crippen LogP contribution in [0.5, 0.6) is 17.2 Å². The summed E-state index contributed by atoms with van der Waals surface area (Å²) in [5.41, 5.74) is 0.849. The number of carbonyl (C=O) groups is 2. The maximum Gasteiger partial charge on any atom is 0.303 e. The quantitative estimate of drug-likeness (QED) is 0.701. The summed E-state index contributed by atoms with van der Waals surface area (Å²) in [7, 11) is 6.30. The molecule has 0 spiro atoms. The fourth-order valence-corrected chi connectivity index (χ4v) is 2.38. The van der Waals surface area contributed by atoms with Gasteiger partial charge in [-0.2, -0.15) is 0 Å². The van der Waals surface area contributed by atoms with E-state index in [4.69, 9.17) is 19.3 Å². The second kappa shape index (κ2) is 9.64. The molecule has 24 heavy (non-hydrogen) atoms. The molecule has 0 atom stereocenters. The van der Waals surface area contributed by atoms with Crippen molar-refractivity contribution in [2.45, 2.75) is 25.7 Å². The summed E-state index contributed by atoms with van der Waals surface area (Å²) in [5, 5.41) is 8.63. The lowest BCUT2D eigenvalue weighted by Gasteiger charge is -2.18. The minimum atomic E-state index is -0.856. The van der Waals surface area contributed by atoms with Gasteiger partial charge in [0, 0.05) is 26.4 Å². The van der Waals surface area contributed by atoms with Gasteiger partial charge in [0.25, 0.3) is 0 Å². The van der Waals surface area contributed by atoms with Gasteiger partial charge in [0.15, 0.2) is 11.5 Å². The van der Waals surface area contributed by atoms with Crippen LogP contribution in [-0.2, 0) is 16.0 Å². The number of aryl methyl sites for hydroxylation is 1. The van der Waals surface area contributed by atoms with Crippen molar-refractivity contribution in [1.82, 2.24) is 4.90 Å². The Morgan fingerprint density at radius 1 is 1.04 bits per heavy atom. The van der Waals surface area contributed by atoms with E-state index in [2.05, 4.69) is 0 Å². The van der Waals surface area contributed by atoms with Crippen LogP contribution in [0, 0.1) is 0 Å². The first-order valence-corrected chi connectivity index (χ1v) is 7.68. The first kappa shape index (κ1) is 19.6. The molecule has 0 bridgehead atoms. The third kappa shape index (κ3) is 5.33. The van der Waals surface area contributed by atoms with Crippen molar-refractivity contribution in [1.29, 1.82) is 0 Å². The van der Waals surface area contributed by atoms with Gasteiger partial charge in [0.05, 0.1) is 21.3 Å². The van der Waals surface area contributed by atoms with E-state index in [1.807, 2.05) is 6.07 Å². The number of carbonyl (C=O) groups excluding carboxylic acids is 1. The molecule has 0 saturated heterocycles. The smallest absolute Gasteiger partial charge is 0.303 e. The maximum atomic E-state index is 12.2. The Morgan fingerprint density at radius 3 is 2.25 bits per heavy atom. The summed E-state index contributed by atoms with van der Waals surface area (Å²) in [6.45, 7) is 0.425. The van der Waals surface area contributed by atoms with E-state index in [-0.39, 0.29) is 12.3 Å². The van der Waals surface area contributed by atoms with E-state index < -0.39 is 5.97 Å². The van der Waals surface area contributed by atoms with Gasteiger partial charge in [-0.3, -0.25) is 9.59 Å². The summed E-state index contributed by atoms with van der Waals surface area (Å²) in [4.78, 5) is 24.2. The van der Waals surface area contributed by atoms with Gasteiger partial charge in [-0.25, -0.2) is 0 Å². The van der Waals surface area contributed by atoms with Crippen molar-refractivity contribution in [3.05, 3.63) is 17.7 Å². The Labute approximate surface area is 142 Å². The zero-order valence-corrected chi connectivity index (χ0v) is 14.6. The molecule has 7 heteroatoms. The SMILES string of the molecule is COc1ccc(CCC(=O)N(C)CCCC(=O)O)c(OC)c1OC. The molecular weight excluding hydrogens is 314 g/mol. The summed E-state index contributed by atoms with van der Waals surface area (Å²) >= 11 is 0. The first-order valence-electron chi connectivity index (χ1n) is 7.68. The summed E-state index contributed by atoms with van der Waals surface area (Å²) in [6, 6.07) is 3.62. The van der Waals surface area contributed by atoms with Crippen LogP contribution in [-0.4, -0.2) is 56.8 Å². The third-order valence-corrected chi connectivity index (χ3v) is 3.70. The number of carboxylic acid groups (broad SMARTS) is 1. The second-order valence-electron chi connectivity index (χ2n) is 5.31. The Morgan fingerprint density at radius 2 is 1.71 bits per heavy atom. The van der Waals surface area contributed by atoms with Crippen LogP contribution in [0.15, 0.2) is 12.1 Å². The number of amides is 1. The molecule has 0 heterocycles. The molecule has 0 aromatic heterocycles. The summed E-state index contributed by atoms with van der Waals surface area (Å²) in [6.07, 6.45) is 1.29. The van der Waals surface area contributed by atoms with Crippen molar-refractivity contribution in [2.24, 2.45) is 0 Å². The number of methoxy groups -OCH3 is 3. The average Bonchev–Trinajstić information content (AvgIpc) is 2.57. The Balaban J connectivity index is 2.69. The molecule has 0 fully saturated rings. The molecule has 0 aliphatic carbocycles. The highest BCUT2D eigenvalue weighted by atomic mass is 16.5. The van der Waals surface area contributed by atoms with E-state index in [1.165, 1.54) is 7.11 Å². The zero-order chi connectivity index (χ0) is 18.1. The Bertz CT molecular complexity index is 572. The largest absolute Gasteiger partial charge is 0.493 e. The van der Waals surface area contributed by atoms with Crippen LogP contribution in [0.4, 0.5) is 0 Å². The minimum absolute atomic E-state index is 0.0442. The van der Waals surface area contributed by atoms with Gasteiger partial charge in [-0.15, -0.1) is 0 Å². The average molecular weight is 339 g/mol. The molecule has 0 aliphatic heterocycles. The fraction of sp³-hybridized carbons (Fsp3) is 0.529. The zero-order valence-electron chi connectivity index (χ0n) is 14.6. The van der Waals surface area contributed by atoms with Crippen LogP contribution < -0.4 is 14.2 Å². The Kier molecular flexibility index (Phi) is 7.88. The first-order chi connectivity index (χ1) is 11.4. The number of benzene rings is 1. The van der Waals surface area contributed by atoms with Gasteiger partial charge >= 0.3 is 5.97 Å². The normalized spacial score (nSPS) is 10.2. The number of carboxylic acids is 1. The highest BCUT2D eigenvalue weighted by Crippen LogP contribution is 2.40. The third-order valence-electron chi connectivity index (χ3n) is 3.70. The van der Waals surface area contributed by atoms with Gasteiger partial charge in [-0.1, -0.05) is 6.07 Å². The molecular formula is C17H25NO6. The molecule has 1 N–H and O–H groups in total. The number of rotatable bonds is 10. The minimum Gasteiger partial charge on any atom is -0.493 e. The van der Waals surface area contributed by atoms with Crippen LogP contribution in [0.1, 0.15) is 24.8 Å². The Hall–Kier alpha value is -2.44. The lowest BCUT2D eigenvalue weighted by Crippen LogP contribution is -2.28. The molecule has 1 rings (SSSR count). The van der Waals surface area contributed by atoms with Crippen LogP contribution in [0.3, 0.4) is 0 Å². The molecule has 0 unspecified atom stereocenters. The summed E-state index contributed by atoms with van der Waals surface area (Å²) in [5.74, 6) is 0.719. The number of hydrogen-bond acceptors (Lipinski definition) is 5. The van der Waals surface area contributed by atoms with E-state index >= 15 is 0 Å². The van der Waals surface area contributed by atoms with Crippen LogP contribution in [0.2, 0.25) is 0 Å². The number of aliphatic carboxylic acids is 1. The predicted molar refractivity (Wildman–Crippen MR) is 88.9 cm³/mol. The molecule has 1 aromatic rings. The standard InChI is InChI=1S/C17H25NO6/c1-18(11-5-6-15(20)21)14(19)10-8-12-7-9-13(22-2)17(24-4)16(12)23-3/h7,9H,5-6,8,10-11H2,1-4H3,(H,20,21). The van der Waals surface area contributed by atoms with Crippen molar-refractivity contribution >= 4 is 11.9 Å².